The zero-order valence-electron chi connectivity index (χ0n) is 50.0. The number of aryl methyl sites for hydroxylation is 1. The van der Waals surface area contributed by atoms with Crippen LogP contribution in [0.5, 0.6) is 17.6 Å². The van der Waals surface area contributed by atoms with Gasteiger partial charge in [0.15, 0.2) is 11.6 Å². The van der Waals surface area contributed by atoms with Gasteiger partial charge in [-0.3, -0.25) is 23.9 Å². The molecule has 0 aliphatic rings. The number of pyridine rings is 2. The molecule has 0 radical (unpaired) electrons. The van der Waals surface area contributed by atoms with Crippen molar-refractivity contribution in [2.24, 2.45) is 0 Å². The first-order valence-electron chi connectivity index (χ1n) is 26.6. The van der Waals surface area contributed by atoms with Crippen molar-refractivity contribution >= 4 is 51.4 Å². The molecule has 28 nitrogen and oxygen atoms in total. The number of carboxylic acids is 1. The zero-order chi connectivity index (χ0) is 63.7. The summed E-state index contributed by atoms with van der Waals surface area (Å²) in [6, 6.07) is 11.3. The first-order chi connectivity index (χ1) is 41.3. The van der Waals surface area contributed by atoms with Crippen LogP contribution < -0.4 is 25.3 Å². The normalized spacial score (nSPS) is 10.1. The van der Waals surface area contributed by atoms with E-state index in [2.05, 4.69) is 117 Å². The molecule has 0 spiro atoms. The van der Waals surface area contributed by atoms with Crippen LogP contribution in [0.1, 0.15) is 108 Å². The number of alkyl halides is 1. The first-order valence-corrected chi connectivity index (χ1v) is 27.7. The second-order valence-electron chi connectivity index (χ2n) is 17.6. The number of ether oxygens (including phenoxy) is 5. The molecule has 0 bridgehead atoms. The SMILES string of the molecule is C=CCBr.C=CCn1cc(C(=O)Nc2cccc(-c3nncn3C(C)C)n2)c(OC)n1.C=CCn1cc(C(=O)O)c(OC)n1.C=CCn1cc(C(=O)OCC)c(OC)n1.CC(C)n1cnnc1-c1cccc(N)n1.CCOC(=O)c1cn[nH]c1CC. The van der Waals surface area contributed by atoms with E-state index in [4.69, 9.17) is 34.5 Å². The number of carboxylic acid groups (broad SMARTS) is 1. The summed E-state index contributed by atoms with van der Waals surface area (Å²) in [5.41, 5.74) is 9.07. The summed E-state index contributed by atoms with van der Waals surface area (Å²) in [6.45, 7) is 30.1. The molecule has 0 aliphatic heterocycles. The largest absolute Gasteiger partial charge is 0.479 e. The number of rotatable bonds is 22. The summed E-state index contributed by atoms with van der Waals surface area (Å²) in [5, 5.41) is 47.0. The fourth-order valence-corrected chi connectivity index (χ4v) is 6.96. The molecule has 0 saturated carbocycles. The minimum atomic E-state index is -1.05. The highest BCUT2D eigenvalue weighted by molar-refractivity contribution is 9.09. The van der Waals surface area contributed by atoms with Crippen LogP contribution in [0, 0.1) is 0 Å². The zero-order valence-corrected chi connectivity index (χ0v) is 51.5. The van der Waals surface area contributed by atoms with Gasteiger partial charge in [0.1, 0.15) is 57.9 Å². The Labute approximate surface area is 506 Å². The number of aromatic carboxylic acids is 1. The molecule has 0 unspecified atom stereocenters. The van der Waals surface area contributed by atoms with Gasteiger partial charge in [-0.05, 0) is 72.2 Å². The number of hydrogen-bond acceptors (Lipinski definition) is 20. The summed E-state index contributed by atoms with van der Waals surface area (Å²) in [6.07, 6.45) is 17.0. The van der Waals surface area contributed by atoms with Gasteiger partial charge in [-0.1, -0.05) is 59.3 Å². The van der Waals surface area contributed by atoms with Crippen LogP contribution in [0.25, 0.3) is 23.0 Å². The number of H-pyrrole nitrogens is 1. The Morgan fingerprint density at radius 1 is 0.663 bits per heavy atom. The number of amides is 1. The van der Waals surface area contributed by atoms with Gasteiger partial charge in [0.05, 0.1) is 60.4 Å². The Kier molecular flexibility index (Phi) is 30.4. The molecule has 0 aliphatic carbocycles. The number of carbonyl (C=O) groups excluding carboxylic acids is 3. The lowest BCUT2D eigenvalue weighted by Crippen LogP contribution is -2.14. The minimum Gasteiger partial charge on any atom is -0.479 e. The maximum atomic E-state index is 12.6. The molecule has 1 amide bonds. The van der Waals surface area contributed by atoms with E-state index in [1.165, 1.54) is 38.4 Å². The molecule has 8 heterocycles. The number of allylic oxidation sites excluding steroid dienone is 4. The Hall–Kier alpha value is -10.1. The van der Waals surface area contributed by atoms with Crippen LogP contribution >= 0.6 is 15.9 Å². The van der Waals surface area contributed by atoms with Gasteiger partial charge < -0.3 is 49.0 Å². The van der Waals surface area contributed by atoms with Crippen LogP contribution in [0.15, 0.2) is 124 Å². The van der Waals surface area contributed by atoms with Crippen LogP contribution in [-0.4, -0.2) is 148 Å². The van der Waals surface area contributed by atoms with Crippen LogP contribution in [0.4, 0.5) is 11.6 Å². The molecular weight excluding hydrogens is 1180 g/mol. The third-order valence-corrected chi connectivity index (χ3v) is 11.3. The lowest BCUT2D eigenvalue weighted by atomic mass is 10.2. The van der Waals surface area contributed by atoms with Gasteiger partial charge in [0.2, 0.25) is 17.6 Å². The maximum absolute atomic E-state index is 12.6. The number of aromatic amines is 1. The van der Waals surface area contributed by atoms with Gasteiger partial charge in [-0.25, -0.2) is 24.4 Å². The van der Waals surface area contributed by atoms with E-state index in [0.717, 1.165) is 29.0 Å². The number of nitrogens with one attached hydrogen (secondary N) is 2. The Morgan fingerprint density at radius 3 is 1.52 bits per heavy atom. The predicted octanol–water partition coefficient (Wildman–Crippen LogP) is 8.81. The molecule has 29 heteroatoms. The molecule has 0 atom stereocenters. The molecule has 0 aromatic carbocycles. The second-order valence-corrected chi connectivity index (χ2v) is 18.3. The van der Waals surface area contributed by atoms with Gasteiger partial charge in [-0.15, -0.1) is 62.0 Å². The van der Waals surface area contributed by atoms with E-state index >= 15 is 0 Å². The Morgan fingerprint density at radius 2 is 1.10 bits per heavy atom. The maximum Gasteiger partial charge on any atom is 0.345 e. The number of nitrogens with zero attached hydrogens (tertiary/aromatic N) is 15. The lowest BCUT2D eigenvalue weighted by molar-refractivity contribution is 0.0514. The quantitative estimate of drug-likeness (QED) is 0.0279. The number of esters is 2. The number of carbonyl (C=O) groups is 4. The van der Waals surface area contributed by atoms with Gasteiger partial charge in [0, 0.05) is 41.7 Å². The summed E-state index contributed by atoms with van der Waals surface area (Å²) in [4.78, 5) is 54.6. The van der Waals surface area contributed by atoms with Gasteiger partial charge in [-0.2, -0.15) is 5.10 Å². The molecule has 460 valence electrons. The molecule has 8 aromatic rings. The Bertz CT molecular complexity index is 3430. The molecular formula is C57H75BrN18O10. The number of nitrogens with two attached hydrogens (primary N) is 1. The number of hydrogen-bond donors (Lipinski definition) is 4. The molecule has 0 saturated heterocycles. The number of methoxy groups -OCH3 is 3. The highest BCUT2D eigenvalue weighted by Crippen LogP contribution is 2.23. The first kappa shape index (κ1) is 70.2. The summed E-state index contributed by atoms with van der Waals surface area (Å²) >= 11 is 3.13. The third-order valence-electron chi connectivity index (χ3n) is 10.8. The Balaban J connectivity index is 0.000000287. The number of anilines is 2. The molecule has 8 aromatic heterocycles. The van der Waals surface area contributed by atoms with Crippen molar-refractivity contribution in [3.05, 3.63) is 152 Å². The summed E-state index contributed by atoms with van der Waals surface area (Å²) < 4.78 is 33.1. The van der Waals surface area contributed by atoms with E-state index in [1.807, 2.05) is 48.1 Å². The van der Waals surface area contributed by atoms with Crippen LogP contribution in [0.3, 0.4) is 0 Å². The van der Waals surface area contributed by atoms with Crippen molar-refractivity contribution in [2.75, 3.05) is 50.9 Å². The van der Waals surface area contributed by atoms with Crippen molar-refractivity contribution < 1.29 is 48.0 Å². The van der Waals surface area contributed by atoms with E-state index in [0.29, 0.717) is 78.7 Å². The minimum absolute atomic E-state index is 0.0596. The van der Waals surface area contributed by atoms with E-state index in [-0.39, 0.29) is 41.1 Å². The monoisotopic (exact) mass is 1250 g/mol. The van der Waals surface area contributed by atoms with E-state index in [9.17, 15) is 19.2 Å². The highest BCUT2D eigenvalue weighted by atomic mass is 79.9. The predicted molar refractivity (Wildman–Crippen MR) is 327 cm³/mol. The fraction of sp³-hybridized carbons (Fsp3) is 0.333. The van der Waals surface area contributed by atoms with Gasteiger partial charge in [0.25, 0.3) is 5.91 Å². The fourth-order valence-electron chi connectivity index (χ4n) is 6.96. The summed E-state index contributed by atoms with van der Waals surface area (Å²) in [7, 11) is 4.31. The van der Waals surface area contributed by atoms with Crippen molar-refractivity contribution in [1.29, 1.82) is 0 Å². The molecule has 8 rings (SSSR count). The van der Waals surface area contributed by atoms with Crippen LogP contribution in [-0.2, 0) is 35.5 Å². The standard InChI is InChI=1S/C18H21N7O2.C10H13N5.C10H14N2O3.C8H10N2O3.C8H12N2O2.C3H5Br/c1-5-9-24-10-13(18(23-24)27-4)17(26)21-15-8-6-7-14(20-15)16-22-19-11-25(16)12(2)3;1-7(2)15-6-12-14-10(15)8-4-3-5-9(11)13-8;1-4-6-12-7-8(9(11-12)14-3)10(13)15-5-2;1-3-4-10-5-6(8(11)12)7(9-10)13-2;1-3-7-6(5-9-10-7)8(11)12-4-2;1-2-3-4/h5-8,10-12H,1,9H2,2-4H3,(H,20,21,26);3-7H,1-2H3,(H2,11,13);4,7H,1,5-6H2,2-3H3;3,5H,1,4H2,2H3,(H,11,12);5H,3-4H2,1-2H3,(H,9,10);2H,1,3H2. The molecule has 0 fully saturated rings. The van der Waals surface area contributed by atoms with Crippen molar-refractivity contribution in [3.63, 3.8) is 0 Å². The van der Waals surface area contributed by atoms with Crippen molar-refractivity contribution in [3.8, 4) is 40.7 Å². The third kappa shape index (κ3) is 21.3. The number of aromatic nitrogens is 16. The van der Waals surface area contributed by atoms with Crippen molar-refractivity contribution in [1.82, 2.24) is 79.0 Å². The lowest BCUT2D eigenvalue weighted by Gasteiger charge is -2.10. The smallest absolute Gasteiger partial charge is 0.345 e. The molecule has 5 N–H and O–H groups in total. The number of nitrogen functional groups attached to an aromatic ring is 1. The highest BCUT2D eigenvalue weighted by Gasteiger charge is 2.21. The average Bonchev–Trinajstić information content (AvgIpc) is 4.18. The van der Waals surface area contributed by atoms with E-state index < -0.39 is 11.9 Å². The van der Waals surface area contributed by atoms with Gasteiger partial charge >= 0.3 is 17.9 Å². The topological polar surface area (TPSA) is 342 Å². The second kappa shape index (κ2) is 37.2. The molecule has 86 heavy (non-hydrogen) atoms. The number of halogens is 1. The average molecular weight is 1250 g/mol. The van der Waals surface area contributed by atoms with E-state index in [1.54, 1.807) is 90.8 Å². The van der Waals surface area contributed by atoms with Crippen molar-refractivity contribution in [2.45, 2.75) is 86.6 Å². The summed E-state index contributed by atoms with van der Waals surface area (Å²) in [5.74, 6) is 0.765. The van der Waals surface area contributed by atoms with Crippen LogP contribution in [0.2, 0.25) is 0 Å².